The van der Waals surface area contributed by atoms with Crippen molar-refractivity contribution in [3.63, 3.8) is 0 Å². The van der Waals surface area contributed by atoms with Crippen molar-refractivity contribution in [2.45, 2.75) is 32.7 Å². The first kappa shape index (κ1) is 11.5. The van der Waals surface area contributed by atoms with Crippen LogP contribution in [0.2, 0.25) is 0 Å². The average molecular weight is 207 g/mol. The Balaban J connectivity index is 2.79. The minimum Gasteiger partial charge on any atom is -0.367 e. The third-order valence-corrected chi connectivity index (χ3v) is 2.18. The van der Waals surface area contributed by atoms with Crippen LogP contribution < -0.4 is 11.1 Å². The smallest absolute Gasteiger partial charge is 0.252 e. The van der Waals surface area contributed by atoms with Gasteiger partial charge in [0.1, 0.15) is 5.82 Å². The molecule has 0 aromatic carbocycles. The average Bonchev–Trinajstić information content (AvgIpc) is 2.18. The van der Waals surface area contributed by atoms with Crippen LogP contribution in [0, 0.1) is 0 Å². The molecular weight excluding hydrogens is 190 g/mol. The van der Waals surface area contributed by atoms with Crippen molar-refractivity contribution in [2.75, 3.05) is 5.32 Å². The number of amides is 1. The first-order chi connectivity index (χ1) is 7.15. The SMILES string of the molecule is CCCC(C)Nc1ncccc1C(N)=O. The third-order valence-electron chi connectivity index (χ3n) is 2.18. The van der Waals surface area contributed by atoms with Gasteiger partial charge in [0.2, 0.25) is 0 Å². The summed E-state index contributed by atoms with van der Waals surface area (Å²) in [5.41, 5.74) is 5.69. The number of anilines is 1. The lowest BCUT2D eigenvalue weighted by Gasteiger charge is -2.14. The summed E-state index contributed by atoms with van der Waals surface area (Å²) >= 11 is 0. The van der Waals surface area contributed by atoms with Gasteiger partial charge >= 0.3 is 0 Å². The number of carbonyl (C=O) groups excluding carboxylic acids is 1. The summed E-state index contributed by atoms with van der Waals surface area (Å²) in [7, 11) is 0. The van der Waals surface area contributed by atoms with Crippen LogP contribution in [0.15, 0.2) is 18.3 Å². The highest BCUT2D eigenvalue weighted by molar-refractivity contribution is 5.97. The zero-order chi connectivity index (χ0) is 11.3. The molecule has 0 saturated heterocycles. The van der Waals surface area contributed by atoms with Crippen LogP contribution in [-0.2, 0) is 0 Å². The number of nitrogens with one attached hydrogen (secondary N) is 1. The van der Waals surface area contributed by atoms with E-state index < -0.39 is 5.91 Å². The highest BCUT2D eigenvalue weighted by Gasteiger charge is 2.10. The second kappa shape index (κ2) is 5.34. The quantitative estimate of drug-likeness (QED) is 0.773. The Bertz CT molecular complexity index is 338. The molecule has 0 spiro atoms. The molecule has 3 N–H and O–H groups in total. The normalized spacial score (nSPS) is 12.1. The summed E-state index contributed by atoms with van der Waals surface area (Å²) in [6, 6.07) is 3.68. The molecule has 1 rings (SSSR count). The lowest BCUT2D eigenvalue weighted by atomic mass is 10.2. The molecule has 0 bridgehead atoms. The van der Waals surface area contributed by atoms with E-state index in [4.69, 9.17) is 5.73 Å². The van der Waals surface area contributed by atoms with Crippen LogP contribution in [-0.4, -0.2) is 16.9 Å². The van der Waals surface area contributed by atoms with Crippen molar-refractivity contribution in [3.8, 4) is 0 Å². The fourth-order valence-corrected chi connectivity index (χ4v) is 1.46. The van der Waals surface area contributed by atoms with E-state index in [1.807, 2.05) is 0 Å². The second-order valence-corrected chi connectivity index (χ2v) is 3.60. The van der Waals surface area contributed by atoms with Crippen LogP contribution in [0.4, 0.5) is 5.82 Å². The van der Waals surface area contributed by atoms with E-state index in [0.29, 0.717) is 17.4 Å². The van der Waals surface area contributed by atoms with Gasteiger partial charge in [-0.2, -0.15) is 0 Å². The predicted molar refractivity (Wildman–Crippen MR) is 60.7 cm³/mol. The molecule has 1 aromatic heterocycles. The lowest BCUT2D eigenvalue weighted by Crippen LogP contribution is -2.20. The Morgan fingerprint density at radius 2 is 2.40 bits per heavy atom. The fraction of sp³-hybridized carbons (Fsp3) is 0.455. The Labute approximate surface area is 89.9 Å². The zero-order valence-corrected chi connectivity index (χ0v) is 9.16. The Kier molecular flexibility index (Phi) is 4.09. The van der Waals surface area contributed by atoms with Gasteiger partial charge in [-0.3, -0.25) is 4.79 Å². The molecule has 0 aliphatic heterocycles. The molecule has 0 aliphatic rings. The Hall–Kier alpha value is -1.58. The maximum Gasteiger partial charge on any atom is 0.252 e. The van der Waals surface area contributed by atoms with Gasteiger partial charge in [0.05, 0.1) is 5.56 Å². The number of carbonyl (C=O) groups is 1. The lowest BCUT2D eigenvalue weighted by molar-refractivity contribution is 0.100. The Morgan fingerprint density at radius 1 is 1.67 bits per heavy atom. The Morgan fingerprint density at radius 3 is 3.00 bits per heavy atom. The van der Waals surface area contributed by atoms with Crippen molar-refractivity contribution in [3.05, 3.63) is 23.9 Å². The highest BCUT2D eigenvalue weighted by atomic mass is 16.1. The monoisotopic (exact) mass is 207 g/mol. The predicted octanol–water partition coefficient (Wildman–Crippen LogP) is 1.78. The highest BCUT2D eigenvalue weighted by Crippen LogP contribution is 2.13. The molecule has 4 heteroatoms. The number of aromatic nitrogens is 1. The number of primary amides is 1. The van der Waals surface area contributed by atoms with Gasteiger partial charge in [-0.05, 0) is 25.5 Å². The minimum absolute atomic E-state index is 0.294. The molecular formula is C11H17N3O. The molecule has 82 valence electrons. The molecule has 1 aromatic rings. The van der Waals surface area contributed by atoms with Gasteiger partial charge in [0, 0.05) is 12.2 Å². The van der Waals surface area contributed by atoms with Gasteiger partial charge in [-0.25, -0.2) is 4.98 Å². The largest absolute Gasteiger partial charge is 0.367 e. The zero-order valence-electron chi connectivity index (χ0n) is 9.16. The van der Waals surface area contributed by atoms with Crippen LogP contribution in [0.5, 0.6) is 0 Å². The van der Waals surface area contributed by atoms with Crippen LogP contribution in [0.3, 0.4) is 0 Å². The summed E-state index contributed by atoms with van der Waals surface area (Å²) in [5, 5.41) is 3.18. The number of rotatable bonds is 5. The van der Waals surface area contributed by atoms with E-state index in [9.17, 15) is 4.79 Å². The van der Waals surface area contributed by atoms with E-state index in [1.165, 1.54) is 0 Å². The second-order valence-electron chi connectivity index (χ2n) is 3.60. The van der Waals surface area contributed by atoms with Crippen molar-refractivity contribution < 1.29 is 4.79 Å². The fourth-order valence-electron chi connectivity index (χ4n) is 1.46. The topological polar surface area (TPSA) is 68.0 Å². The first-order valence-electron chi connectivity index (χ1n) is 5.16. The minimum atomic E-state index is -0.450. The van der Waals surface area contributed by atoms with Gasteiger partial charge in [0.25, 0.3) is 5.91 Å². The van der Waals surface area contributed by atoms with Gasteiger partial charge in [0.15, 0.2) is 0 Å². The maximum absolute atomic E-state index is 11.1. The van der Waals surface area contributed by atoms with Crippen LogP contribution in [0.1, 0.15) is 37.0 Å². The first-order valence-corrected chi connectivity index (χ1v) is 5.16. The number of nitrogens with two attached hydrogens (primary N) is 1. The molecule has 4 nitrogen and oxygen atoms in total. The van der Waals surface area contributed by atoms with E-state index in [-0.39, 0.29) is 0 Å². The molecule has 15 heavy (non-hydrogen) atoms. The van der Waals surface area contributed by atoms with Crippen molar-refractivity contribution >= 4 is 11.7 Å². The van der Waals surface area contributed by atoms with Gasteiger partial charge < -0.3 is 11.1 Å². The molecule has 1 heterocycles. The van der Waals surface area contributed by atoms with Crippen LogP contribution in [0.25, 0.3) is 0 Å². The van der Waals surface area contributed by atoms with E-state index in [2.05, 4.69) is 24.1 Å². The molecule has 0 aliphatic carbocycles. The van der Waals surface area contributed by atoms with Crippen molar-refractivity contribution in [2.24, 2.45) is 5.73 Å². The molecule has 0 saturated carbocycles. The molecule has 1 amide bonds. The van der Waals surface area contributed by atoms with Crippen molar-refractivity contribution in [1.82, 2.24) is 4.98 Å². The number of hydrogen-bond donors (Lipinski definition) is 2. The molecule has 1 unspecified atom stereocenters. The van der Waals surface area contributed by atoms with Gasteiger partial charge in [-0.1, -0.05) is 13.3 Å². The number of pyridine rings is 1. The summed E-state index contributed by atoms with van der Waals surface area (Å²) in [6.07, 6.45) is 3.77. The molecule has 0 radical (unpaired) electrons. The number of hydrogen-bond acceptors (Lipinski definition) is 3. The number of nitrogens with zero attached hydrogens (tertiary/aromatic N) is 1. The summed E-state index contributed by atoms with van der Waals surface area (Å²) in [4.78, 5) is 15.2. The van der Waals surface area contributed by atoms with E-state index in [0.717, 1.165) is 12.8 Å². The van der Waals surface area contributed by atoms with Crippen LogP contribution >= 0.6 is 0 Å². The molecule has 0 fully saturated rings. The van der Waals surface area contributed by atoms with Crippen molar-refractivity contribution in [1.29, 1.82) is 0 Å². The summed E-state index contributed by atoms with van der Waals surface area (Å²) < 4.78 is 0. The summed E-state index contributed by atoms with van der Waals surface area (Å²) in [6.45, 7) is 4.18. The van der Waals surface area contributed by atoms with E-state index in [1.54, 1.807) is 18.3 Å². The van der Waals surface area contributed by atoms with E-state index >= 15 is 0 Å². The maximum atomic E-state index is 11.1. The molecule has 1 atom stereocenters. The van der Waals surface area contributed by atoms with Gasteiger partial charge in [-0.15, -0.1) is 0 Å². The third kappa shape index (κ3) is 3.23. The standard InChI is InChI=1S/C11H17N3O/c1-3-5-8(2)14-11-9(10(12)15)6-4-7-13-11/h4,6-8H,3,5H2,1-2H3,(H2,12,15)(H,13,14). The summed E-state index contributed by atoms with van der Waals surface area (Å²) in [5.74, 6) is 0.125.